The third-order valence-electron chi connectivity index (χ3n) is 4.73. The third kappa shape index (κ3) is 2.98. The van der Waals surface area contributed by atoms with E-state index in [1.165, 1.54) is 0 Å². The van der Waals surface area contributed by atoms with Gasteiger partial charge >= 0.3 is 0 Å². The summed E-state index contributed by atoms with van der Waals surface area (Å²) in [6, 6.07) is 18.9. The molecule has 0 unspecified atom stereocenters. The number of nitrogens with zero attached hydrogens (tertiary/aromatic N) is 5. The topological polar surface area (TPSA) is 85.6 Å². The number of hydrogen-bond acceptors (Lipinski definition) is 5. The fourth-order valence-corrected chi connectivity index (χ4v) is 3.42. The molecule has 7 heteroatoms. The van der Waals surface area contributed by atoms with E-state index in [0.29, 0.717) is 22.4 Å². The Hall–Kier alpha value is -4.13. The number of carbonyl (C=O) groups is 1. The Morgan fingerprint density at radius 3 is 2.66 bits per heavy atom. The molecule has 0 atom stereocenters. The number of aromatic nitrogens is 5. The summed E-state index contributed by atoms with van der Waals surface area (Å²) in [7, 11) is 0. The zero-order chi connectivity index (χ0) is 19.8. The molecular formula is C22H16N6O. The number of hydrogen-bond donors (Lipinski definition) is 1. The Morgan fingerprint density at radius 1 is 1.00 bits per heavy atom. The van der Waals surface area contributed by atoms with E-state index in [2.05, 4.69) is 25.5 Å². The SMILES string of the molecule is Cc1nc2nnc3ccc(C(=O)Nc4cccnc4)cc3c2n1-c1ccccc1. The molecule has 29 heavy (non-hydrogen) atoms. The third-order valence-corrected chi connectivity index (χ3v) is 4.73. The van der Waals surface area contributed by atoms with Crippen LogP contribution in [0, 0.1) is 6.92 Å². The van der Waals surface area contributed by atoms with Gasteiger partial charge in [-0.25, -0.2) is 4.98 Å². The summed E-state index contributed by atoms with van der Waals surface area (Å²) in [4.78, 5) is 21.3. The van der Waals surface area contributed by atoms with Gasteiger partial charge in [0.15, 0.2) is 0 Å². The normalized spacial score (nSPS) is 11.1. The zero-order valence-electron chi connectivity index (χ0n) is 15.6. The van der Waals surface area contributed by atoms with Gasteiger partial charge in [-0.2, -0.15) is 0 Å². The second-order valence-corrected chi connectivity index (χ2v) is 6.63. The summed E-state index contributed by atoms with van der Waals surface area (Å²) in [5.74, 6) is 0.588. The second-order valence-electron chi connectivity index (χ2n) is 6.63. The van der Waals surface area contributed by atoms with E-state index in [1.54, 1.807) is 36.7 Å². The van der Waals surface area contributed by atoms with Crippen LogP contribution in [0.3, 0.4) is 0 Å². The zero-order valence-corrected chi connectivity index (χ0v) is 15.6. The van der Waals surface area contributed by atoms with Crippen molar-refractivity contribution in [3.63, 3.8) is 0 Å². The van der Waals surface area contributed by atoms with Crippen molar-refractivity contribution in [2.75, 3.05) is 5.32 Å². The summed E-state index contributed by atoms with van der Waals surface area (Å²) in [6.07, 6.45) is 3.27. The van der Waals surface area contributed by atoms with Gasteiger partial charge in [-0.1, -0.05) is 18.2 Å². The van der Waals surface area contributed by atoms with Crippen LogP contribution in [0.15, 0.2) is 73.1 Å². The van der Waals surface area contributed by atoms with E-state index >= 15 is 0 Å². The molecule has 0 saturated heterocycles. The minimum atomic E-state index is -0.215. The van der Waals surface area contributed by atoms with Crippen LogP contribution in [0.5, 0.6) is 0 Å². The van der Waals surface area contributed by atoms with E-state index in [0.717, 1.165) is 22.4 Å². The van der Waals surface area contributed by atoms with E-state index in [4.69, 9.17) is 0 Å². The maximum absolute atomic E-state index is 12.8. The van der Waals surface area contributed by atoms with Gasteiger partial charge in [0.25, 0.3) is 5.91 Å². The monoisotopic (exact) mass is 380 g/mol. The van der Waals surface area contributed by atoms with Gasteiger partial charge in [0.2, 0.25) is 5.65 Å². The van der Waals surface area contributed by atoms with Crippen molar-refractivity contribution in [2.24, 2.45) is 0 Å². The van der Waals surface area contributed by atoms with Crippen LogP contribution in [0.25, 0.3) is 27.8 Å². The number of pyridine rings is 1. The van der Waals surface area contributed by atoms with Gasteiger partial charge in [-0.15, -0.1) is 10.2 Å². The minimum absolute atomic E-state index is 0.215. The number of imidazole rings is 1. The highest BCUT2D eigenvalue weighted by Gasteiger charge is 2.16. The number of para-hydroxylation sites is 1. The molecule has 3 heterocycles. The summed E-state index contributed by atoms with van der Waals surface area (Å²) < 4.78 is 2.04. The van der Waals surface area contributed by atoms with Crippen LogP contribution >= 0.6 is 0 Å². The van der Waals surface area contributed by atoms with Crippen LogP contribution in [0.4, 0.5) is 5.69 Å². The molecule has 2 aromatic carbocycles. The van der Waals surface area contributed by atoms with Crippen molar-refractivity contribution < 1.29 is 4.79 Å². The van der Waals surface area contributed by atoms with Crippen molar-refractivity contribution in [2.45, 2.75) is 6.92 Å². The highest BCUT2D eigenvalue weighted by molar-refractivity contribution is 6.09. The molecule has 0 bridgehead atoms. The first kappa shape index (κ1) is 17.0. The quantitative estimate of drug-likeness (QED) is 0.513. The van der Waals surface area contributed by atoms with Gasteiger partial charge in [-0.3, -0.25) is 14.3 Å². The summed E-state index contributed by atoms with van der Waals surface area (Å²) >= 11 is 0. The number of benzene rings is 2. The largest absolute Gasteiger partial charge is 0.321 e. The highest BCUT2D eigenvalue weighted by Crippen LogP contribution is 2.27. The lowest BCUT2D eigenvalue weighted by Gasteiger charge is -2.09. The van der Waals surface area contributed by atoms with Crippen molar-refractivity contribution >= 4 is 33.7 Å². The molecule has 0 fully saturated rings. The average Bonchev–Trinajstić information content (AvgIpc) is 3.11. The molecule has 140 valence electrons. The maximum atomic E-state index is 12.8. The Labute approximate surface area is 166 Å². The molecule has 0 spiro atoms. The molecule has 5 aromatic rings. The number of anilines is 1. The van der Waals surface area contributed by atoms with Crippen molar-refractivity contribution in [3.05, 3.63) is 84.4 Å². The molecule has 5 rings (SSSR count). The molecule has 1 N–H and O–H groups in total. The fourth-order valence-electron chi connectivity index (χ4n) is 3.42. The standard InChI is InChI=1S/C22H16N6O/c1-14-24-21-20(28(14)17-7-3-2-4-8-17)18-12-15(9-10-19(18)26-27-21)22(29)25-16-6-5-11-23-13-16/h2-13H,1H3,(H,25,29). The average molecular weight is 380 g/mol. The Balaban J connectivity index is 1.68. The lowest BCUT2D eigenvalue weighted by molar-refractivity contribution is 0.102. The van der Waals surface area contributed by atoms with Gasteiger partial charge in [0.05, 0.1) is 17.4 Å². The maximum Gasteiger partial charge on any atom is 0.255 e. The van der Waals surface area contributed by atoms with Gasteiger partial charge in [-0.05, 0) is 49.4 Å². The Kier molecular flexibility index (Phi) is 3.98. The van der Waals surface area contributed by atoms with Crippen LogP contribution in [0.1, 0.15) is 16.2 Å². The van der Waals surface area contributed by atoms with Crippen LogP contribution < -0.4 is 5.32 Å². The molecular weight excluding hydrogens is 364 g/mol. The lowest BCUT2D eigenvalue weighted by Crippen LogP contribution is -2.12. The van der Waals surface area contributed by atoms with E-state index in [1.807, 2.05) is 47.9 Å². The molecule has 0 aliphatic carbocycles. The molecule has 0 aliphatic rings. The summed E-state index contributed by atoms with van der Waals surface area (Å²) in [6.45, 7) is 1.93. The Morgan fingerprint density at radius 2 is 1.86 bits per heavy atom. The number of fused-ring (bicyclic) bond motifs is 3. The van der Waals surface area contributed by atoms with E-state index in [-0.39, 0.29) is 5.91 Å². The molecule has 0 aliphatic heterocycles. The van der Waals surface area contributed by atoms with Gasteiger partial charge in [0.1, 0.15) is 11.3 Å². The smallest absolute Gasteiger partial charge is 0.255 e. The van der Waals surface area contributed by atoms with E-state index in [9.17, 15) is 4.79 Å². The van der Waals surface area contributed by atoms with Crippen molar-refractivity contribution in [1.82, 2.24) is 24.7 Å². The fraction of sp³-hybridized carbons (Fsp3) is 0.0455. The van der Waals surface area contributed by atoms with Crippen LogP contribution in [-0.2, 0) is 0 Å². The summed E-state index contributed by atoms with van der Waals surface area (Å²) in [5.41, 5.74) is 4.22. The Bertz CT molecular complexity index is 1350. The van der Waals surface area contributed by atoms with Gasteiger partial charge in [0, 0.05) is 22.8 Å². The highest BCUT2D eigenvalue weighted by atomic mass is 16.1. The second kappa shape index (κ2) is 6.79. The summed E-state index contributed by atoms with van der Waals surface area (Å²) in [5, 5.41) is 12.2. The first-order chi connectivity index (χ1) is 14.2. The molecule has 0 radical (unpaired) electrons. The van der Waals surface area contributed by atoms with E-state index < -0.39 is 0 Å². The predicted octanol–water partition coefficient (Wildman–Crippen LogP) is 3.92. The van der Waals surface area contributed by atoms with Crippen LogP contribution in [-0.4, -0.2) is 30.6 Å². The first-order valence-electron chi connectivity index (χ1n) is 9.13. The number of rotatable bonds is 3. The van der Waals surface area contributed by atoms with Gasteiger partial charge < -0.3 is 5.32 Å². The molecule has 0 saturated carbocycles. The van der Waals surface area contributed by atoms with Crippen molar-refractivity contribution in [3.8, 4) is 5.69 Å². The number of aryl methyl sites for hydroxylation is 1. The number of amides is 1. The molecule has 3 aromatic heterocycles. The predicted molar refractivity (Wildman–Crippen MR) is 111 cm³/mol. The number of nitrogens with one attached hydrogen (secondary N) is 1. The molecule has 1 amide bonds. The molecule has 7 nitrogen and oxygen atoms in total. The number of carbonyl (C=O) groups excluding carboxylic acids is 1. The first-order valence-corrected chi connectivity index (χ1v) is 9.13. The lowest BCUT2D eigenvalue weighted by atomic mass is 10.1. The minimum Gasteiger partial charge on any atom is -0.321 e. The van der Waals surface area contributed by atoms with Crippen LogP contribution in [0.2, 0.25) is 0 Å². The van der Waals surface area contributed by atoms with Crippen molar-refractivity contribution in [1.29, 1.82) is 0 Å².